The molecule has 0 saturated heterocycles. The number of nitrogens with one attached hydrogen (secondary N) is 1. The molecular formula is C29H31N3O4. The van der Waals surface area contributed by atoms with Crippen molar-refractivity contribution in [1.29, 1.82) is 0 Å². The van der Waals surface area contributed by atoms with Crippen LogP contribution in [0.1, 0.15) is 54.3 Å². The number of rotatable bonds is 7. The Morgan fingerprint density at radius 3 is 2.50 bits per heavy atom. The van der Waals surface area contributed by atoms with Crippen LogP contribution in [0.2, 0.25) is 0 Å². The molecule has 2 aromatic carbocycles. The zero-order chi connectivity index (χ0) is 25.1. The number of hydrogen-bond donors (Lipinski definition) is 1. The predicted molar refractivity (Wildman–Crippen MR) is 140 cm³/mol. The van der Waals surface area contributed by atoms with Gasteiger partial charge in [-0.3, -0.25) is 4.79 Å². The van der Waals surface area contributed by atoms with Gasteiger partial charge >= 0.3 is 0 Å². The van der Waals surface area contributed by atoms with Crippen LogP contribution in [0.25, 0.3) is 22.5 Å². The third-order valence-corrected chi connectivity index (χ3v) is 6.85. The van der Waals surface area contributed by atoms with E-state index in [1.54, 1.807) is 26.4 Å². The molecule has 0 bridgehead atoms. The summed E-state index contributed by atoms with van der Waals surface area (Å²) in [7, 11) is 3.22. The van der Waals surface area contributed by atoms with E-state index in [1.807, 2.05) is 18.5 Å². The van der Waals surface area contributed by atoms with E-state index in [9.17, 15) is 4.79 Å². The summed E-state index contributed by atoms with van der Waals surface area (Å²) in [5.41, 5.74) is 5.28. The summed E-state index contributed by atoms with van der Waals surface area (Å²) in [4.78, 5) is 18.0. The van der Waals surface area contributed by atoms with E-state index < -0.39 is 0 Å². The van der Waals surface area contributed by atoms with Crippen molar-refractivity contribution in [3.8, 4) is 34.0 Å². The Balaban J connectivity index is 1.73. The minimum Gasteiger partial charge on any atom is -0.497 e. The highest BCUT2D eigenvalue weighted by Gasteiger charge is 2.28. The number of anilines is 1. The lowest BCUT2D eigenvalue weighted by atomic mass is 9.94. The van der Waals surface area contributed by atoms with E-state index >= 15 is 0 Å². The van der Waals surface area contributed by atoms with Crippen LogP contribution in [0.15, 0.2) is 65.5 Å². The van der Waals surface area contributed by atoms with Gasteiger partial charge in [0.25, 0.3) is 5.91 Å². The number of amides is 1. The van der Waals surface area contributed by atoms with Crippen molar-refractivity contribution in [3.63, 3.8) is 0 Å². The number of methoxy groups -OCH3 is 2. The Hall–Kier alpha value is -4.00. The molecule has 7 heteroatoms. The van der Waals surface area contributed by atoms with E-state index in [1.165, 1.54) is 31.1 Å². The summed E-state index contributed by atoms with van der Waals surface area (Å²) in [5.74, 6) is 1.04. The standard InChI is InChI=1S/C29H31N3O4/c1-19-11-13-20(14-12-19)27-28(32(18-30-27)21-8-5-4-6-9-21)26-23(16-22(34-2)17-25(26)35-3)31-29(33)24-10-7-15-36-24/h7,10-18,21H,4-6,8-9H2,1-3H3,(H,31,33). The minimum atomic E-state index is -0.350. The largest absolute Gasteiger partial charge is 0.497 e. The number of aryl methyl sites for hydroxylation is 1. The van der Waals surface area contributed by atoms with E-state index in [0.717, 1.165) is 35.4 Å². The highest BCUT2D eigenvalue weighted by molar-refractivity contribution is 6.06. The topological polar surface area (TPSA) is 78.5 Å². The summed E-state index contributed by atoms with van der Waals surface area (Å²) >= 11 is 0. The molecule has 186 valence electrons. The van der Waals surface area contributed by atoms with Crippen LogP contribution < -0.4 is 14.8 Å². The quantitative estimate of drug-likeness (QED) is 0.308. The Kier molecular flexibility index (Phi) is 6.80. The minimum absolute atomic E-state index is 0.224. The van der Waals surface area contributed by atoms with Crippen molar-refractivity contribution in [1.82, 2.24) is 9.55 Å². The molecule has 0 unspecified atom stereocenters. The van der Waals surface area contributed by atoms with Crippen molar-refractivity contribution in [2.24, 2.45) is 0 Å². The van der Waals surface area contributed by atoms with Gasteiger partial charge in [0.15, 0.2) is 5.76 Å². The lowest BCUT2D eigenvalue weighted by Crippen LogP contribution is -2.16. The number of aromatic nitrogens is 2. The summed E-state index contributed by atoms with van der Waals surface area (Å²) in [6.07, 6.45) is 9.21. The molecule has 0 radical (unpaired) electrons. The maximum atomic E-state index is 13.1. The second kappa shape index (κ2) is 10.3. The molecule has 7 nitrogen and oxygen atoms in total. The fourth-order valence-corrected chi connectivity index (χ4v) is 4.97. The number of imidazole rings is 1. The van der Waals surface area contributed by atoms with Crippen LogP contribution in [0.5, 0.6) is 11.5 Å². The van der Waals surface area contributed by atoms with Crippen LogP contribution >= 0.6 is 0 Å². The summed E-state index contributed by atoms with van der Waals surface area (Å²) in [5, 5.41) is 3.03. The molecule has 1 fully saturated rings. The molecular weight excluding hydrogens is 454 g/mol. The number of furan rings is 1. The Morgan fingerprint density at radius 1 is 1.06 bits per heavy atom. The molecule has 4 aromatic rings. The van der Waals surface area contributed by atoms with Crippen LogP contribution in [0, 0.1) is 6.92 Å². The van der Waals surface area contributed by atoms with Gasteiger partial charge in [-0.25, -0.2) is 4.98 Å². The number of hydrogen-bond acceptors (Lipinski definition) is 5. The normalized spacial score (nSPS) is 14.0. The first-order valence-electron chi connectivity index (χ1n) is 12.3. The molecule has 2 heterocycles. The molecule has 0 spiro atoms. The zero-order valence-corrected chi connectivity index (χ0v) is 20.9. The average Bonchev–Trinajstić information content (AvgIpc) is 3.60. The first-order chi connectivity index (χ1) is 17.6. The van der Waals surface area contributed by atoms with Gasteiger partial charge in [0, 0.05) is 23.7 Å². The third kappa shape index (κ3) is 4.61. The van der Waals surface area contributed by atoms with Crippen LogP contribution in [-0.2, 0) is 0 Å². The maximum absolute atomic E-state index is 13.1. The number of carbonyl (C=O) groups excluding carboxylic acids is 1. The molecule has 1 N–H and O–H groups in total. The van der Waals surface area contributed by atoms with E-state index in [0.29, 0.717) is 23.2 Å². The Labute approximate surface area is 211 Å². The second-order valence-electron chi connectivity index (χ2n) is 9.19. The van der Waals surface area contributed by atoms with E-state index in [2.05, 4.69) is 41.1 Å². The molecule has 1 saturated carbocycles. The van der Waals surface area contributed by atoms with Gasteiger partial charge in [-0.1, -0.05) is 49.1 Å². The second-order valence-corrected chi connectivity index (χ2v) is 9.19. The highest BCUT2D eigenvalue weighted by Crippen LogP contribution is 2.46. The van der Waals surface area contributed by atoms with Crippen LogP contribution in [0.4, 0.5) is 5.69 Å². The van der Waals surface area contributed by atoms with Crippen molar-refractivity contribution in [2.75, 3.05) is 19.5 Å². The zero-order valence-electron chi connectivity index (χ0n) is 20.9. The number of nitrogens with zero attached hydrogens (tertiary/aromatic N) is 2. The molecule has 1 aliphatic rings. The smallest absolute Gasteiger partial charge is 0.291 e. The van der Waals surface area contributed by atoms with Crippen molar-refractivity contribution in [3.05, 3.63) is 72.4 Å². The van der Waals surface area contributed by atoms with E-state index in [4.69, 9.17) is 18.9 Å². The van der Waals surface area contributed by atoms with Gasteiger partial charge in [-0.05, 0) is 31.9 Å². The lowest BCUT2D eigenvalue weighted by Gasteiger charge is -2.26. The molecule has 36 heavy (non-hydrogen) atoms. The SMILES string of the molecule is COc1cc(NC(=O)c2ccco2)c(-c2c(-c3ccc(C)cc3)ncn2C2CCCCC2)c(OC)c1. The lowest BCUT2D eigenvalue weighted by molar-refractivity contribution is 0.0996. The summed E-state index contributed by atoms with van der Waals surface area (Å²) in [6, 6.07) is 15.7. The monoisotopic (exact) mass is 485 g/mol. The first kappa shape index (κ1) is 23.7. The molecule has 1 aliphatic carbocycles. The fourth-order valence-electron chi connectivity index (χ4n) is 4.97. The molecule has 0 aliphatic heterocycles. The van der Waals surface area contributed by atoms with Gasteiger partial charge in [0.2, 0.25) is 0 Å². The maximum Gasteiger partial charge on any atom is 0.291 e. The number of carbonyl (C=O) groups is 1. The predicted octanol–water partition coefficient (Wildman–Crippen LogP) is 6.89. The molecule has 1 amide bonds. The van der Waals surface area contributed by atoms with Crippen LogP contribution in [-0.4, -0.2) is 29.7 Å². The molecule has 0 atom stereocenters. The van der Waals surface area contributed by atoms with Gasteiger partial charge in [-0.2, -0.15) is 0 Å². The van der Waals surface area contributed by atoms with Crippen molar-refractivity contribution < 1.29 is 18.7 Å². The van der Waals surface area contributed by atoms with Crippen molar-refractivity contribution >= 4 is 11.6 Å². The Bertz CT molecular complexity index is 1330. The summed E-state index contributed by atoms with van der Waals surface area (Å²) in [6.45, 7) is 2.07. The van der Waals surface area contributed by atoms with Gasteiger partial charge in [-0.15, -0.1) is 0 Å². The van der Waals surface area contributed by atoms with Gasteiger partial charge < -0.3 is 23.8 Å². The van der Waals surface area contributed by atoms with Crippen LogP contribution in [0.3, 0.4) is 0 Å². The highest BCUT2D eigenvalue weighted by atomic mass is 16.5. The molecule has 2 aromatic heterocycles. The fraction of sp³-hybridized carbons (Fsp3) is 0.310. The number of benzene rings is 2. The van der Waals surface area contributed by atoms with Gasteiger partial charge in [0.1, 0.15) is 11.5 Å². The molecule has 5 rings (SSSR count). The van der Waals surface area contributed by atoms with Crippen molar-refractivity contribution in [2.45, 2.75) is 45.1 Å². The Morgan fingerprint density at radius 2 is 1.83 bits per heavy atom. The van der Waals surface area contributed by atoms with Gasteiger partial charge in [0.05, 0.1) is 49.4 Å². The summed E-state index contributed by atoms with van der Waals surface area (Å²) < 4.78 is 19.0. The third-order valence-electron chi connectivity index (χ3n) is 6.85. The van der Waals surface area contributed by atoms with E-state index in [-0.39, 0.29) is 11.7 Å². The first-order valence-corrected chi connectivity index (χ1v) is 12.3. The number of ether oxygens (including phenoxy) is 2. The average molecular weight is 486 g/mol.